The summed E-state index contributed by atoms with van der Waals surface area (Å²) in [5, 5.41) is 5.86. The summed E-state index contributed by atoms with van der Waals surface area (Å²) in [5.41, 5.74) is 7.27. The van der Waals surface area contributed by atoms with E-state index in [9.17, 15) is 9.59 Å². The fourth-order valence-electron chi connectivity index (χ4n) is 4.17. The Labute approximate surface area is 202 Å². The molecule has 1 aliphatic heterocycles. The quantitative estimate of drug-likeness (QED) is 0.495. The van der Waals surface area contributed by atoms with Gasteiger partial charge in [0.25, 0.3) is 0 Å². The molecule has 5 heteroatoms. The van der Waals surface area contributed by atoms with Crippen molar-refractivity contribution in [1.82, 2.24) is 15.5 Å². The van der Waals surface area contributed by atoms with E-state index in [2.05, 4.69) is 54.6 Å². The smallest absolute Gasteiger partial charge is 0.243 e. The van der Waals surface area contributed by atoms with Crippen LogP contribution in [0.4, 0.5) is 0 Å². The molecular formula is C29H33N3O2. The third-order valence-corrected chi connectivity index (χ3v) is 6.10. The molecule has 1 unspecified atom stereocenters. The molecule has 1 heterocycles. The molecule has 0 aromatic heterocycles. The maximum Gasteiger partial charge on any atom is 0.243 e. The van der Waals surface area contributed by atoms with Crippen LogP contribution in [-0.2, 0) is 22.7 Å². The van der Waals surface area contributed by atoms with Crippen LogP contribution in [0.15, 0.2) is 62.2 Å². The first-order chi connectivity index (χ1) is 16.4. The van der Waals surface area contributed by atoms with Crippen LogP contribution in [0.2, 0.25) is 0 Å². The Kier molecular flexibility index (Phi) is 8.39. The van der Waals surface area contributed by atoms with Crippen LogP contribution in [-0.4, -0.2) is 29.8 Å². The summed E-state index contributed by atoms with van der Waals surface area (Å²) in [5.74, 6) is -0.431. The first-order valence-electron chi connectivity index (χ1n) is 11.5. The first-order valence-corrected chi connectivity index (χ1v) is 11.5. The lowest BCUT2D eigenvalue weighted by atomic mass is 10.00. The number of nitrogens with one attached hydrogen (secondary N) is 2. The fourth-order valence-corrected chi connectivity index (χ4v) is 4.17. The van der Waals surface area contributed by atoms with E-state index >= 15 is 0 Å². The van der Waals surface area contributed by atoms with Crippen LogP contribution in [0, 0.1) is 0 Å². The van der Waals surface area contributed by atoms with Gasteiger partial charge in [-0.25, -0.2) is 0 Å². The van der Waals surface area contributed by atoms with E-state index in [0.717, 1.165) is 39.1 Å². The molecule has 0 spiro atoms. The number of carbonyl (C=O) groups excluding carboxylic acids is 2. The Morgan fingerprint density at radius 2 is 1.85 bits per heavy atom. The van der Waals surface area contributed by atoms with Crippen molar-refractivity contribution in [1.29, 1.82) is 0 Å². The van der Waals surface area contributed by atoms with Crippen molar-refractivity contribution < 1.29 is 9.59 Å². The van der Waals surface area contributed by atoms with Crippen LogP contribution in [0.3, 0.4) is 0 Å². The summed E-state index contributed by atoms with van der Waals surface area (Å²) in [7, 11) is 1.91. The van der Waals surface area contributed by atoms with Crippen molar-refractivity contribution in [3.05, 3.63) is 95.6 Å². The Morgan fingerprint density at radius 3 is 2.53 bits per heavy atom. The molecular weight excluding hydrogens is 422 g/mol. The summed E-state index contributed by atoms with van der Waals surface area (Å²) in [6, 6.07) is 12.1. The number of piperidine rings is 1. The topological polar surface area (TPSA) is 61.4 Å². The monoisotopic (exact) mass is 455 g/mol. The molecule has 0 aliphatic carbocycles. The highest BCUT2D eigenvalue weighted by Crippen LogP contribution is 2.21. The molecule has 2 amide bonds. The van der Waals surface area contributed by atoms with Gasteiger partial charge in [-0.05, 0) is 59.8 Å². The standard InChI is InChI=1S/C29H33N3O2/c1-6-9-25-17-24(13-12-22(25)7-2)20(4)30-18-21-10-11-23(8-3)26(16-21)19-32(5)27-14-15-28(33)31-29(27)34/h6-13,16-17,27,30H,2-4,14-15,18-19H2,1,5H3,(H,31,33,34)/b9-6-. The lowest BCUT2D eigenvalue weighted by molar-refractivity contribution is -0.137. The number of carbonyl (C=O) groups is 2. The SMILES string of the molecule is C=Cc1ccc(C(=C)NCc2ccc(C=C)c(CN(C)C3CCC(=O)NC3=O)c2)cc1/C=C\C. The van der Waals surface area contributed by atoms with Crippen LogP contribution in [0.5, 0.6) is 0 Å². The van der Waals surface area contributed by atoms with Gasteiger partial charge in [-0.1, -0.05) is 74.4 Å². The Balaban J connectivity index is 1.71. The highest BCUT2D eigenvalue weighted by Gasteiger charge is 2.29. The zero-order valence-electron chi connectivity index (χ0n) is 20.1. The molecule has 1 saturated heterocycles. The number of hydrogen-bond acceptors (Lipinski definition) is 4. The van der Waals surface area contributed by atoms with E-state index in [0.29, 0.717) is 25.9 Å². The summed E-state index contributed by atoms with van der Waals surface area (Å²) in [6.07, 6.45) is 8.65. The largest absolute Gasteiger partial charge is 0.381 e. The van der Waals surface area contributed by atoms with Crippen molar-refractivity contribution in [3.63, 3.8) is 0 Å². The van der Waals surface area contributed by atoms with Crippen molar-refractivity contribution >= 4 is 35.7 Å². The van der Waals surface area contributed by atoms with Crippen molar-refractivity contribution in [2.24, 2.45) is 0 Å². The van der Waals surface area contributed by atoms with Gasteiger partial charge in [0.1, 0.15) is 0 Å². The van der Waals surface area contributed by atoms with Gasteiger partial charge < -0.3 is 5.32 Å². The molecule has 5 nitrogen and oxygen atoms in total. The van der Waals surface area contributed by atoms with Gasteiger partial charge in [0, 0.05) is 25.2 Å². The van der Waals surface area contributed by atoms with E-state index < -0.39 is 0 Å². The number of imide groups is 1. The van der Waals surface area contributed by atoms with Crippen LogP contribution < -0.4 is 10.6 Å². The van der Waals surface area contributed by atoms with Crippen LogP contribution in [0.1, 0.15) is 53.1 Å². The van der Waals surface area contributed by atoms with Gasteiger partial charge in [-0.15, -0.1) is 0 Å². The average Bonchev–Trinajstić information content (AvgIpc) is 2.82. The Hall–Kier alpha value is -3.70. The highest BCUT2D eigenvalue weighted by atomic mass is 16.2. The molecule has 0 saturated carbocycles. The van der Waals surface area contributed by atoms with Crippen molar-refractivity contribution in [3.8, 4) is 0 Å². The number of likely N-dealkylation sites (N-methyl/N-ethyl adjacent to an activating group) is 1. The zero-order valence-corrected chi connectivity index (χ0v) is 20.1. The average molecular weight is 456 g/mol. The molecule has 3 rings (SSSR count). The number of allylic oxidation sites excluding steroid dienone is 1. The van der Waals surface area contributed by atoms with Crippen LogP contribution >= 0.6 is 0 Å². The second kappa shape index (κ2) is 11.4. The fraction of sp³-hybridized carbons (Fsp3) is 0.241. The summed E-state index contributed by atoms with van der Waals surface area (Å²) >= 11 is 0. The molecule has 176 valence electrons. The maximum atomic E-state index is 12.3. The van der Waals surface area contributed by atoms with E-state index in [1.807, 2.05) is 55.3 Å². The lowest BCUT2D eigenvalue weighted by Gasteiger charge is -2.30. The van der Waals surface area contributed by atoms with E-state index in [-0.39, 0.29) is 17.9 Å². The van der Waals surface area contributed by atoms with E-state index in [1.54, 1.807) is 0 Å². The van der Waals surface area contributed by atoms with E-state index in [4.69, 9.17) is 0 Å². The predicted octanol–water partition coefficient (Wildman–Crippen LogP) is 5.00. The molecule has 1 atom stereocenters. The molecule has 34 heavy (non-hydrogen) atoms. The number of amides is 2. The number of nitrogens with zero attached hydrogens (tertiary/aromatic N) is 1. The third-order valence-electron chi connectivity index (χ3n) is 6.10. The summed E-state index contributed by atoms with van der Waals surface area (Å²) in [6.45, 7) is 15.2. The minimum absolute atomic E-state index is 0.202. The highest BCUT2D eigenvalue weighted by molar-refractivity contribution is 6.00. The van der Waals surface area contributed by atoms with Gasteiger partial charge in [0.15, 0.2) is 0 Å². The normalized spacial score (nSPS) is 15.9. The molecule has 1 fully saturated rings. The molecule has 2 N–H and O–H groups in total. The van der Waals surface area contributed by atoms with Gasteiger partial charge in [0.05, 0.1) is 6.04 Å². The molecule has 0 bridgehead atoms. The molecule has 0 radical (unpaired) electrons. The Morgan fingerprint density at radius 1 is 1.12 bits per heavy atom. The second-order valence-electron chi connectivity index (χ2n) is 8.50. The van der Waals surface area contributed by atoms with E-state index in [1.165, 1.54) is 0 Å². The van der Waals surface area contributed by atoms with Gasteiger partial charge >= 0.3 is 0 Å². The second-order valence-corrected chi connectivity index (χ2v) is 8.50. The van der Waals surface area contributed by atoms with Crippen LogP contribution in [0.25, 0.3) is 23.9 Å². The molecule has 2 aromatic carbocycles. The third kappa shape index (κ3) is 6.00. The summed E-state index contributed by atoms with van der Waals surface area (Å²) < 4.78 is 0. The minimum atomic E-state index is -0.318. The molecule has 1 aliphatic rings. The first kappa shape index (κ1) is 24.9. The maximum absolute atomic E-state index is 12.3. The zero-order chi connectivity index (χ0) is 24.7. The number of rotatable bonds is 10. The van der Waals surface area contributed by atoms with Crippen molar-refractivity contribution in [2.45, 2.75) is 38.9 Å². The van der Waals surface area contributed by atoms with Gasteiger partial charge in [-0.2, -0.15) is 0 Å². The lowest BCUT2D eigenvalue weighted by Crippen LogP contribution is -2.51. The predicted molar refractivity (Wildman–Crippen MR) is 141 cm³/mol. The molecule has 2 aromatic rings. The van der Waals surface area contributed by atoms with Gasteiger partial charge in [-0.3, -0.25) is 19.8 Å². The Bertz CT molecular complexity index is 1150. The number of hydrogen-bond donors (Lipinski definition) is 2. The van der Waals surface area contributed by atoms with Gasteiger partial charge in [0.2, 0.25) is 11.8 Å². The summed E-state index contributed by atoms with van der Waals surface area (Å²) in [4.78, 5) is 25.7. The van der Waals surface area contributed by atoms with Crippen molar-refractivity contribution in [2.75, 3.05) is 7.05 Å². The number of benzene rings is 2. The minimum Gasteiger partial charge on any atom is -0.381 e.